The van der Waals surface area contributed by atoms with E-state index in [0.29, 0.717) is 5.92 Å². The maximum Gasteiger partial charge on any atom is 0.200 e. The average molecular weight is 475 g/mol. The maximum atomic E-state index is 6.80. The van der Waals surface area contributed by atoms with Crippen LogP contribution in [0, 0.1) is 13.8 Å². The first-order chi connectivity index (χ1) is 17.5. The number of anilines is 1. The van der Waals surface area contributed by atoms with E-state index in [1.54, 1.807) is 0 Å². The molecule has 1 aromatic heterocycles. The molecule has 2 unspecified atom stereocenters. The van der Waals surface area contributed by atoms with Gasteiger partial charge in [0.15, 0.2) is 5.82 Å². The number of aryl methyl sites for hydroxylation is 2. The summed E-state index contributed by atoms with van der Waals surface area (Å²) in [6.07, 6.45) is -0.362. The van der Waals surface area contributed by atoms with Crippen LogP contribution >= 0.6 is 0 Å². The predicted molar refractivity (Wildman–Crippen MR) is 145 cm³/mol. The number of nitrogens with zero attached hydrogens (tertiary/aromatic N) is 2. The molecule has 0 saturated carbocycles. The molecule has 0 bridgehead atoms. The van der Waals surface area contributed by atoms with Crippen molar-refractivity contribution in [2.75, 3.05) is 4.90 Å². The van der Waals surface area contributed by atoms with Gasteiger partial charge in [0.1, 0.15) is 11.5 Å². The summed E-state index contributed by atoms with van der Waals surface area (Å²) in [5.74, 6) is 2.89. The molecule has 0 spiro atoms. The van der Waals surface area contributed by atoms with E-state index in [1.807, 2.05) is 13.0 Å². The topological polar surface area (TPSA) is 38.5 Å². The largest absolute Gasteiger partial charge is 0.466 e. The first-order valence-corrected chi connectivity index (χ1v) is 12.6. The van der Waals surface area contributed by atoms with Crippen molar-refractivity contribution in [1.82, 2.24) is 5.16 Å². The van der Waals surface area contributed by atoms with Crippen LogP contribution in [0.4, 0.5) is 5.82 Å². The van der Waals surface area contributed by atoms with Gasteiger partial charge in [-0.25, -0.2) is 0 Å². The SMILES string of the molecule is Cc1ccc(C2Oc3ccc4ccccc4c3C(c3ccc(C(C)C)cc3)N2c2cc(C)on2)cc1. The van der Waals surface area contributed by atoms with Crippen LogP contribution in [0.5, 0.6) is 5.75 Å². The Kier molecular flexibility index (Phi) is 5.52. The number of ether oxygens (including phenoxy) is 1. The average Bonchev–Trinajstić information content (AvgIpc) is 3.33. The molecule has 0 fully saturated rings. The first kappa shape index (κ1) is 22.4. The van der Waals surface area contributed by atoms with Gasteiger partial charge < -0.3 is 14.2 Å². The van der Waals surface area contributed by atoms with E-state index in [9.17, 15) is 0 Å². The Labute approximate surface area is 212 Å². The molecule has 0 N–H and O–H groups in total. The highest BCUT2D eigenvalue weighted by atomic mass is 16.5. The highest BCUT2D eigenvalue weighted by Gasteiger charge is 2.40. The number of hydrogen-bond acceptors (Lipinski definition) is 4. The molecule has 180 valence electrons. The maximum absolute atomic E-state index is 6.80. The summed E-state index contributed by atoms with van der Waals surface area (Å²) in [7, 11) is 0. The highest BCUT2D eigenvalue weighted by molar-refractivity contribution is 5.89. The molecule has 4 nitrogen and oxygen atoms in total. The van der Waals surface area contributed by atoms with Crippen molar-refractivity contribution in [3.63, 3.8) is 0 Å². The summed E-state index contributed by atoms with van der Waals surface area (Å²) in [5, 5.41) is 6.85. The van der Waals surface area contributed by atoms with Gasteiger partial charge in [0.25, 0.3) is 0 Å². The summed E-state index contributed by atoms with van der Waals surface area (Å²) >= 11 is 0. The fourth-order valence-corrected chi connectivity index (χ4v) is 5.19. The van der Waals surface area contributed by atoms with Crippen molar-refractivity contribution in [3.8, 4) is 5.75 Å². The highest BCUT2D eigenvalue weighted by Crippen LogP contribution is 2.50. The zero-order valence-electron chi connectivity index (χ0n) is 21.1. The number of rotatable bonds is 4. The summed E-state index contributed by atoms with van der Waals surface area (Å²) in [4.78, 5) is 2.26. The van der Waals surface area contributed by atoms with E-state index in [1.165, 1.54) is 27.5 Å². The zero-order valence-corrected chi connectivity index (χ0v) is 21.1. The smallest absolute Gasteiger partial charge is 0.200 e. The summed E-state index contributed by atoms with van der Waals surface area (Å²) in [6, 6.07) is 32.2. The number of hydrogen-bond donors (Lipinski definition) is 0. The van der Waals surface area contributed by atoms with Gasteiger partial charge in [-0.3, -0.25) is 0 Å². The lowest BCUT2D eigenvalue weighted by Gasteiger charge is -2.44. The van der Waals surface area contributed by atoms with E-state index in [4.69, 9.17) is 9.26 Å². The number of fused-ring (bicyclic) bond motifs is 3. The van der Waals surface area contributed by atoms with Crippen LogP contribution in [-0.4, -0.2) is 5.16 Å². The normalized spacial score (nSPS) is 17.3. The van der Waals surface area contributed by atoms with E-state index < -0.39 is 0 Å². The van der Waals surface area contributed by atoms with Gasteiger partial charge in [-0.2, -0.15) is 0 Å². The standard InChI is InChI=1S/C32H30N2O2/c1-20(2)23-13-15-25(16-14-23)31-30-27-8-6-5-7-24(27)17-18-28(30)35-32(26-11-9-21(3)10-12-26)34(31)29-19-22(4)36-33-29/h5-20,31-32H,1-4H3. The quantitative estimate of drug-likeness (QED) is 0.263. The molecule has 4 aromatic carbocycles. The Hall–Kier alpha value is -4.05. The Morgan fingerprint density at radius 2 is 1.53 bits per heavy atom. The van der Waals surface area contributed by atoms with Crippen LogP contribution < -0.4 is 9.64 Å². The van der Waals surface area contributed by atoms with Crippen LogP contribution in [0.2, 0.25) is 0 Å². The van der Waals surface area contributed by atoms with E-state index >= 15 is 0 Å². The predicted octanol–water partition coefficient (Wildman–Crippen LogP) is 8.26. The van der Waals surface area contributed by atoms with Crippen molar-refractivity contribution in [1.29, 1.82) is 0 Å². The van der Waals surface area contributed by atoms with Crippen molar-refractivity contribution < 1.29 is 9.26 Å². The minimum Gasteiger partial charge on any atom is -0.466 e. The van der Waals surface area contributed by atoms with Gasteiger partial charge in [-0.1, -0.05) is 103 Å². The van der Waals surface area contributed by atoms with Gasteiger partial charge in [0, 0.05) is 17.2 Å². The monoisotopic (exact) mass is 474 g/mol. The lowest BCUT2D eigenvalue weighted by atomic mass is 9.88. The Balaban J connectivity index is 1.63. The second kappa shape index (κ2) is 8.87. The molecule has 2 heterocycles. The summed E-state index contributed by atoms with van der Waals surface area (Å²) in [5.41, 5.74) is 5.95. The second-order valence-corrected chi connectivity index (χ2v) is 10.0. The molecule has 5 aromatic rings. The van der Waals surface area contributed by atoms with Crippen LogP contribution in [-0.2, 0) is 0 Å². The van der Waals surface area contributed by atoms with E-state index in [2.05, 4.69) is 116 Å². The molecule has 0 amide bonds. The van der Waals surface area contributed by atoms with Crippen molar-refractivity contribution in [3.05, 3.63) is 125 Å². The number of benzene rings is 4. The first-order valence-electron chi connectivity index (χ1n) is 12.6. The van der Waals surface area contributed by atoms with E-state index in [-0.39, 0.29) is 12.3 Å². The lowest BCUT2D eigenvalue weighted by Crippen LogP contribution is -2.40. The van der Waals surface area contributed by atoms with Crippen LogP contribution in [0.15, 0.2) is 95.5 Å². The molecule has 0 saturated heterocycles. The molecular weight excluding hydrogens is 444 g/mol. The fraction of sp³-hybridized carbons (Fsp3) is 0.219. The molecule has 2 atom stereocenters. The van der Waals surface area contributed by atoms with Crippen molar-refractivity contribution >= 4 is 16.6 Å². The molecule has 6 rings (SSSR count). The third-order valence-corrected chi connectivity index (χ3v) is 7.13. The third kappa shape index (κ3) is 3.83. The van der Waals surface area contributed by atoms with E-state index in [0.717, 1.165) is 28.5 Å². The fourth-order valence-electron chi connectivity index (χ4n) is 5.19. The van der Waals surface area contributed by atoms with Crippen LogP contribution in [0.1, 0.15) is 65.6 Å². The van der Waals surface area contributed by atoms with Crippen molar-refractivity contribution in [2.24, 2.45) is 0 Å². The molecule has 4 heteroatoms. The van der Waals surface area contributed by atoms with Gasteiger partial charge in [-0.05, 0) is 47.7 Å². The molecular formula is C32H30N2O2. The summed E-state index contributed by atoms with van der Waals surface area (Å²) in [6.45, 7) is 8.48. The molecule has 0 aliphatic carbocycles. The zero-order chi connectivity index (χ0) is 24.8. The summed E-state index contributed by atoms with van der Waals surface area (Å²) < 4.78 is 12.4. The Morgan fingerprint density at radius 1 is 0.806 bits per heavy atom. The molecule has 1 aliphatic heterocycles. The number of aromatic nitrogens is 1. The van der Waals surface area contributed by atoms with Crippen molar-refractivity contribution in [2.45, 2.75) is 45.9 Å². The van der Waals surface area contributed by atoms with Gasteiger partial charge in [0.05, 0.1) is 6.04 Å². The van der Waals surface area contributed by atoms with Gasteiger partial charge in [-0.15, -0.1) is 0 Å². The molecule has 36 heavy (non-hydrogen) atoms. The molecule has 0 radical (unpaired) electrons. The minimum absolute atomic E-state index is 0.114. The van der Waals surface area contributed by atoms with Gasteiger partial charge >= 0.3 is 0 Å². The third-order valence-electron chi connectivity index (χ3n) is 7.13. The lowest BCUT2D eigenvalue weighted by molar-refractivity contribution is 0.168. The van der Waals surface area contributed by atoms with Gasteiger partial charge in [0.2, 0.25) is 6.23 Å². The molecule has 1 aliphatic rings. The second-order valence-electron chi connectivity index (χ2n) is 10.0. The Morgan fingerprint density at radius 3 is 2.22 bits per heavy atom. The van der Waals surface area contributed by atoms with Crippen LogP contribution in [0.25, 0.3) is 10.8 Å². The Bertz CT molecular complexity index is 1520. The minimum atomic E-state index is -0.362. The van der Waals surface area contributed by atoms with Crippen LogP contribution in [0.3, 0.4) is 0 Å².